The van der Waals surface area contributed by atoms with Gasteiger partial charge in [-0.25, -0.2) is 12.8 Å². The minimum Gasteiger partial charge on any atom is -0.345 e. The molecule has 0 aliphatic heterocycles. The quantitative estimate of drug-likeness (QED) is 0.572. The van der Waals surface area contributed by atoms with Crippen molar-refractivity contribution in [3.8, 4) is 0 Å². The molecule has 3 aromatic carbocycles. The lowest BCUT2D eigenvalue weighted by Gasteiger charge is -2.21. The predicted molar refractivity (Wildman–Crippen MR) is 120 cm³/mol. The first-order valence-corrected chi connectivity index (χ1v) is 11.4. The van der Waals surface area contributed by atoms with Gasteiger partial charge in [0.1, 0.15) is 5.82 Å². The van der Waals surface area contributed by atoms with Gasteiger partial charge in [0, 0.05) is 12.6 Å². The minimum absolute atomic E-state index is 0.0667. The molecule has 0 aromatic heterocycles. The third-order valence-electron chi connectivity index (χ3n) is 5.22. The molecule has 3 aromatic rings. The standard InChI is InChI=1S/C24H25FN2O3S/c1-4-22(20-13-6-5-10-17(20)2)26-24(28)18-11-9-12-19(16-18)31(29,30)27(3)23-15-8-7-14-21(23)25/h5-16,22H,4H2,1-3H3,(H,26,28)/t22-/m0/s1. The van der Waals surface area contributed by atoms with Gasteiger partial charge in [0.25, 0.3) is 15.9 Å². The number of amides is 1. The molecule has 1 N–H and O–H groups in total. The summed E-state index contributed by atoms with van der Waals surface area (Å²) in [5.41, 5.74) is 2.23. The van der Waals surface area contributed by atoms with Crippen molar-refractivity contribution in [1.29, 1.82) is 0 Å². The highest BCUT2D eigenvalue weighted by atomic mass is 32.2. The number of nitrogens with zero attached hydrogens (tertiary/aromatic N) is 1. The Labute approximate surface area is 182 Å². The molecule has 0 saturated heterocycles. The van der Waals surface area contributed by atoms with Crippen molar-refractivity contribution in [3.05, 3.63) is 95.3 Å². The zero-order valence-electron chi connectivity index (χ0n) is 17.7. The number of rotatable bonds is 7. The molecule has 31 heavy (non-hydrogen) atoms. The van der Waals surface area contributed by atoms with Gasteiger partial charge in [0.05, 0.1) is 16.6 Å². The van der Waals surface area contributed by atoms with E-state index < -0.39 is 15.8 Å². The molecule has 1 atom stereocenters. The van der Waals surface area contributed by atoms with E-state index in [1.54, 1.807) is 12.1 Å². The van der Waals surface area contributed by atoms with Crippen molar-refractivity contribution in [2.24, 2.45) is 0 Å². The Bertz CT molecular complexity index is 1190. The highest BCUT2D eigenvalue weighted by Gasteiger charge is 2.25. The zero-order chi connectivity index (χ0) is 22.6. The molecule has 0 radical (unpaired) electrons. The van der Waals surface area contributed by atoms with Crippen molar-refractivity contribution in [2.45, 2.75) is 31.2 Å². The van der Waals surface area contributed by atoms with E-state index in [2.05, 4.69) is 5.32 Å². The first-order valence-electron chi connectivity index (χ1n) is 9.95. The van der Waals surface area contributed by atoms with Gasteiger partial charge in [-0.05, 0) is 54.8 Å². The predicted octanol–water partition coefficient (Wildman–Crippen LogP) is 4.84. The fraction of sp³-hybridized carbons (Fsp3) is 0.208. The van der Waals surface area contributed by atoms with E-state index in [-0.39, 0.29) is 28.1 Å². The van der Waals surface area contributed by atoms with Crippen LogP contribution in [0.15, 0.2) is 77.7 Å². The summed E-state index contributed by atoms with van der Waals surface area (Å²) in [5, 5.41) is 2.98. The zero-order valence-corrected chi connectivity index (χ0v) is 18.5. The van der Waals surface area contributed by atoms with Crippen LogP contribution in [0.1, 0.15) is 40.9 Å². The summed E-state index contributed by atoms with van der Waals surface area (Å²) in [6.45, 7) is 3.96. The van der Waals surface area contributed by atoms with Gasteiger partial charge in [0.2, 0.25) is 0 Å². The summed E-state index contributed by atoms with van der Waals surface area (Å²) < 4.78 is 41.0. The lowest BCUT2D eigenvalue weighted by atomic mass is 9.99. The SMILES string of the molecule is CC[C@H](NC(=O)c1cccc(S(=O)(=O)N(C)c2ccccc2F)c1)c1ccccc1C. The summed E-state index contributed by atoms with van der Waals surface area (Å²) in [6, 6.07) is 19.0. The monoisotopic (exact) mass is 440 g/mol. The third-order valence-corrected chi connectivity index (χ3v) is 6.99. The molecule has 162 valence electrons. The Balaban J connectivity index is 1.88. The van der Waals surface area contributed by atoms with E-state index in [1.165, 1.54) is 43.4 Å². The number of carbonyl (C=O) groups excluding carboxylic acids is 1. The van der Waals surface area contributed by atoms with Crippen LogP contribution in [0.25, 0.3) is 0 Å². The lowest BCUT2D eigenvalue weighted by molar-refractivity contribution is 0.0935. The Morgan fingerprint density at radius 2 is 1.71 bits per heavy atom. The Morgan fingerprint density at radius 3 is 2.39 bits per heavy atom. The molecule has 0 aliphatic carbocycles. The van der Waals surface area contributed by atoms with E-state index in [4.69, 9.17) is 0 Å². The van der Waals surface area contributed by atoms with Crippen LogP contribution in [0, 0.1) is 12.7 Å². The normalized spacial score (nSPS) is 12.3. The van der Waals surface area contributed by atoms with Crippen LogP contribution < -0.4 is 9.62 Å². The molecule has 0 aliphatic rings. The van der Waals surface area contributed by atoms with Gasteiger partial charge in [-0.1, -0.05) is 49.4 Å². The summed E-state index contributed by atoms with van der Waals surface area (Å²) in [5.74, 6) is -1.02. The van der Waals surface area contributed by atoms with Crippen molar-refractivity contribution in [1.82, 2.24) is 5.32 Å². The average Bonchev–Trinajstić information content (AvgIpc) is 2.78. The molecule has 0 spiro atoms. The van der Waals surface area contributed by atoms with E-state index in [0.29, 0.717) is 6.42 Å². The smallest absolute Gasteiger partial charge is 0.264 e. The fourth-order valence-corrected chi connectivity index (χ4v) is 4.66. The molecular formula is C24H25FN2O3S. The second kappa shape index (κ2) is 9.31. The fourth-order valence-electron chi connectivity index (χ4n) is 3.41. The van der Waals surface area contributed by atoms with E-state index in [9.17, 15) is 17.6 Å². The molecule has 3 rings (SSSR count). The summed E-state index contributed by atoms with van der Waals surface area (Å²) in [7, 11) is -2.77. The average molecular weight is 441 g/mol. The van der Waals surface area contributed by atoms with Crippen LogP contribution in [-0.4, -0.2) is 21.4 Å². The van der Waals surface area contributed by atoms with Crippen LogP contribution >= 0.6 is 0 Å². The molecule has 0 bridgehead atoms. The van der Waals surface area contributed by atoms with Crippen molar-refractivity contribution in [2.75, 3.05) is 11.4 Å². The third kappa shape index (κ3) is 4.77. The number of halogens is 1. The number of carbonyl (C=O) groups is 1. The Kier molecular flexibility index (Phi) is 6.75. The Hall–Kier alpha value is -3.19. The van der Waals surface area contributed by atoms with Crippen molar-refractivity contribution >= 4 is 21.6 Å². The van der Waals surface area contributed by atoms with Crippen molar-refractivity contribution < 1.29 is 17.6 Å². The van der Waals surface area contributed by atoms with Crippen molar-refractivity contribution in [3.63, 3.8) is 0 Å². The Morgan fingerprint density at radius 1 is 1.03 bits per heavy atom. The second-order valence-electron chi connectivity index (χ2n) is 7.24. The van der Waals surface area contributed by atoms with Crippen LogP contribution in [0.2, 0.25) is 0 Å². The van der Waals surface area contributed by atoms with Crippen LogP contribution in [0.5, 0.6) is 0 Å². The highest BCUT2D eigenvalue weighted by molar-refractivity contribution is 7.92. The maximum absolute atomic E-state index is 14.1. The van der Waals surface area contributed by atoms with Gasteiger partial charge in [0.15, 0.2) is 0 Å². The van der Waals surface area contributed by atoms with Gasteiger partial charge >= 0.3 is 0 Å². The van der Waals surface area contributed by atoms with Gasteiger partial charge < -0.3 is 5.32 Å². The maximum Gasteiger partial charge on any atom is 0.264 e. The molecule has 5 nitrogen and oxygen atoms in total. The molecule has 7 heteroatoms. The number of nitrogens with one attached hydrogen (secondary N) is 1. The number of benzene rings is 3. The summed E-state index contributed by atoms with van der Waals surface area (Å²) in [4.78, 5) is 12.8. The minimum atomic E-state index is -4.05. The number of sulfonamides is 1. The van der Waals surface area contributed by atoms with Crippen LogP contribution in [0.3, 0.4) is 0 Å². The molecule has 0 unspecified atom stereocenters. The lowest BCUT2D eigenvalue weighted by Crippen LogP contribution is -2.30. The van der Waals surface area contributed by atoms with Gasteiger partial charge in [-0.2, -0.15) is 0 Å². The van der Waals surface area contributed by atoms with E-state index in [1.807, 2.05) is 38.1 Å². The molecule has 0 saturated carbocycles. The molecule has 0 fully saturated rings. The van der Waals surface area contributed by atoms with Gasteiger partial charge in [-0.15, -0.1) is 0 Å². The number of para-hydroxylation sites is 1. The number of hydrogen-bond acceptors (Lipinski definition) is 3. The number of hydrogen-bond donors (Lipinski definition) is 1. The number of anilines is 1. The second-order valence-corrected chi connectivity index (χ2v) is 9.21. The van der Waals surface area contributed by atoms with Crippen LogP contribution in [0.4, 0.5) is 10.1 Å². The molecule has 0 heterocycles. The number of aryl methyl sites for hydroxylation is 1. The van der Waals surface area contributed by atoms with E-state index in [0.717, 1.165) is 15.4 Å². The molecule has 1 amide bonds. The summed E-state index contributed by atoms with van der Waals surface area (Å²) in [6.07, 6.45) is 0.685. The summed E-state index contributed by atoms with van der Waals surface area (Å²) >= 11 is 0. The first-order chi connectivity index (χ1) is 14.8. The molecular weight excluding hydrogens is 415 g/mol. The highest BCUT2D eigenvalue weighted by Crippen LogP contribution is 2.26. The van der Waals surface area contributed by atoms with E-state index >= 15 is 0 Å². The van der Waals surface area contributed by atoms with Gasteiger partial charge in [-0.3, -0.25) is 9.10 Å². The largest absolute Gasteiger partial charge is 0.345 e. The topological polar surface area (TPSA) is 66.5 Å². The van der Waals surface area contributed by atoms with Crippen LogP contribution in [-0.2, 0) is 10.0 Å². The maximum atomic E-state index is 14.1. The first kappa shape index (κ1) is 22.5.